The van der Waals surface area contributed by atoms with Gasteiger partial charge in [-0.05, 0) is 38.9 Å². The monoisotopic (exact) mass is 290 g/mol. The van der Waals surface area contributed by atoms with Crippen LogP contribution in [0.1, 0.15) is 37.2 Å². The molecule has 2 amide bonds. The average Bonchev–Trinajstić information content (AvgIpc) is 2.76. The SMILES string of the molecule is CC(=O)Nc1ccc(C(=O)NC[C@@H]2CC[C@H](C)N2C)nc1. The molecule has 0 saturated carbocycles. The predicted octanol–water partition coefficient (Wildman–Crippen LogP) is 1.25. The van der Waals surface area contributed by atoms with Gasteiger partial charge in [0.15, 0.2) is 0 Å². The summed E-state index contributed by atoms with van der Waals surface area (Å²) in [6.07, 6.45) is 3.76. The molecule has 0 aliphatic carbocycles. The molecule has 1 aromatic rings. The van der Waals surface area contributed by atoms with Crippen LogP contribution in [0.4, 0.5) is 5.69 Å². The number of nitrogens with one attached hydrogen (secondary N) is 2. The number of pyridine rings is 1. The molecular formula is C15H22N4O2. The summed E-state index contributed by atoms with van der Waals surface area (Å²) >= 11 is 0. The van der Waals surface area contributed by atoms with Crippen molar-refractivity contribution in [2.24, 2.45) is 0 Å². The normalized spacial score (nSPS) is 22.0. The van der Waals surface area contributed by atoms with Crippen molar-refractivity contribution < 1.29 is 9.59 Å². The second-order valence-electron chi connectivity index (χ2n) is 5.57. The van der Waals surface area contributed by atoms with Gasteiger partial charge in [-0.15, -0.1) is 0 Å². The van der Waals surface area contributed by atoms with E-state index in [0.717, 1.165) is 6.42 Å². The van der Waals surface area contributed by atoms with Crippen molar-refractivity contribution in [3.63, 3.8) is 0 Å². The minimum atomic E-state index is -0.183. The van der Waals surface area contributed by atoms with Gasteiger partial charge in [0.2, 0.25) is 5.91 Å². The maximum atomic E-state index is 12.0. The smallest absolute Gasteiger partial charge is 0.269 e. The van der Waals surface area contributed by atoms with Crippen LogP contribution in [0.5, 0.6) is 0 Å². The Hall–Kier alpha value is -1.95. The average molecular weight is 290 g/mol. The van der Waals surface area contributed by atoms with E-state index in [1.807, 2.05) is 0 Å². The van der Waals surface area contributed by atoms with E-state index in [9.17, 15) is 9.59 Å². The molecule has 0 bridgehead atoms. The van der Waals surface area contributed by atoms with Crippen LogP contribution < -0.4 is 10.6 Å². The van der Waals surface area contributed by atoms with Gasteiger partial charge in [-0.1, -0.05) is 0 Å². The lowest BCUT2D eigenvalue weighted by molar-refractivity contribution is -0.114. The van der Waals surface area contributed by atoms with Gasteiger partial charge in [0.05, 0.1) is 11.9 Å². The summed E-state index contributed by atoms with van der Waals surface area (Å²) in [6, 6.07) is 4.25. The minimum absolute atomic E-state index is 0.160. The first-order valence-electron chi connectivity index (χ1n) is 7.21. The number of likely N-dealkylation sites (tertiary alicyclic amines) is 1. The van der Waals surface area contributed by atoms with Gasteiger partial charge in [-0.2, -0.15) is 0 Å². The Morgan fingerprint density at radius 1 is 1.38 bits per heavy atom. The Morgan fingerprint density at radius 3 is 2.67 bits per heavy atom. The highest BCUT2D eigenvalue weighted by atomic mass is 16.2. The van der Waals surface area contributed by atoms with E-state index in [-0.39, 0.29) is 11.8 Å². The molecule has 6 nitrogen and oxygen atoms in total. The van der Waals surface area contributed by atoms with E-state index in [1.165, 1.54) is 19.5 Å². The highest BCUT2D eigenvalue weighted by Gasteiger charge is 2.27. The first kappa shape index (κ1) is 15.4. The van der Waals surface area contributed by atoms with Crippen molar-refractivity contribution in [1.82, 2.24) is 15.2 Å². The molecule has 21 heavy (non-hydrogen) atoms. The van der Waals surface area contributed by atoms with Crippen LogP contribution in [-0.4, -0.2) is 47.4 Å². The fraction of sp³-hybridized carbons (Fsp3) is 0.533. The van der Waals surface area contributed by atoms with Gasteiger partial charge >= 0.3 is 0 Å². The maximum Gasteiger partial charge on any atom is 0.269 e. The molecule has 1 aliphatic heterocycles. The third kappa shape index (κ3) is 4.01. The van der Waals surface area contributed by atoms with Crippen LogP contribution in [0.3, 0.4) is 0 Å². The fourth-order valence-corrected chi connectivity index (χ4v) is 2.55. The largest absolute Gasteiger partial charge is 0.349 e. The Labute approximate surface area is 124 Å². The maximum absolute atomic E-state index is 12.0. The van der Waals surface area contributed by atoms with Crippen molar-refractivity contribution in [3.05, 3.63) is 24.0 Å². The van der Waals surface area contributed by atoms with Gasteiger partial charge in [0.1, 0.15) is 5.69 Å². The molecule has 1 aliphatic rings. The summed E-state index contributed by atoms with van der Waals surface area (Å²) in [5.41, 5.74) is 0.946. The summed E-state index contributed by atoms with van der Waals surface area (Å²) < 4.78 is 0. The van der Waals surface area contributed by atoms with E-state index in [0.29, 0.717) is 30.0 Å². The Morgan fingerprint density at radius 2 is 2.14 bits per heavy atom. The summed E-state index contributed by atoms with van der Waals surface area (Å²) in [6.45, 7) is 4.26. The molecule has 1 aromatic heterocycles. The molecule has 2 N–H and O–H groups in total. The van der Waals surface area contributed by atoms with E-state index in [4.69, 9.17) is 0 Å². The van der Waals surface area contributed by atoms with Crippen LogP contribution in [0, 0.1) is 0 Å². The lowest BCUT2D eigenvalue weighted by Gasteiger charge is -2.23. The lowest BCUT2D eigenvalue weighted by Crippen LogP contribution is -2.40. The summed E-state index contributed by atoms with van der Waals surface area (Å²) in [7, 11) is 2.09. The Kier molecular flexibility index (Phi) is 4.90. The number of likely N-dealkylation sites (N-methyl/N-ethyl adjacent to an activating group) is 1. The molecule has 0 spiro atoms. The number of aromatic nitrogens is 1. The van der Waals surface area contributed by atoms with Crippen molar-refractivity contribution in [1.29, 1.82) is 0 Å². The highest BCUT2D eigenvalue weighted by Crippen LogP contribution is 2.20. The number of nitrogens with zero attached hydrogens (tertiary/aromatic N) is 2. The van der Waals surface area contributed by atoms with Crippen molar-refractivity contribution in [2.75, 3.05) is 18.9 Å². The molecule has 2 atom stereocenters. The summed E-state index contributed by atoms with van der Waals surface area (Å²) in [5, 5.41) is 5.54. The van der Waals surface area contributed by atoms with Gasteiger partial charge in [0, 0.05) is 25.6 Å². The molecule has 1 fully saturated rings. The molecule has 0 aromatic carbocycles. The van der Waals surface area contributed by atoms with Crippen molar-refractivity contribution in [3.8, 4) is 0 Å². The number of amides is 2. The molecular weight excluding hydrogens is 268 g/mol. The van der Waals surface area contributed by atoms with Gasteiger partial charge in [-0.25, -0.2) is 4.98 Å². The number of rotatable bonds is 4. The molecule has 114 valence electrons. The highest BCUT2D eigenvalue weighted by molar-refractivity contribution is 5.93. The zero-order chi connectivity index (χ0) is 15.4. The first-order valence-corrected chi connectivity index (χ1v) is 7.21. The van der Waals surface area contributed by atoms with E-state index in [2.05, 4.69) is 34.5 Å². The molecule has 2 rings (SSSR count). The lowest BCUT2D eigenvalue weighted by atomic mass is 10.2. The number of hydrogen-bond donors (Lipinski definition) is 2. The van der Waals surface area contributed by atoms with Gasteiger partial charge in [0.25, 0.3) is 5.91 Å². The van der Waals surface area contributed by atoms with Crippen molar-refractivity contribution >= 4 is 17.5 Å². The summed E-state index contributed by atoms with van der Waals surface area (Å²) in [5.74, 6) is -0.343. The third-order valence-corrected chi connectivity index (χ3v) is 4.00. The second kappa shape index (κ2) is 6.67. The van der Waals surface area contributed by atoms with Crippen LogP contribution >= 0.6 is 0 Å². The topological polar surface area (TPSA) is 74.3 Å². The predicted molar refractivity (Wildman–Crippen MR) is 81.1 cm³/mol. The fourth-order valence-electron chi connectivity index (χ4n) is 2.55. The molecule has 0 unspecified atom stereocenters. The minimum Gasteiger partial charge on any atom is -0.349 e. The molecule has 6 heteroatoms. The number of carbonyl (C=O) groups excluding carboxylic acids is 2. The zero-order valence-electron chi connectivity index (χ0n) is 12.7. The van der Waals surface area contributed by atoms with E-state index < -0.39 is 0 Å². The van der Waals surface area contributed by atoms with Gasteiger partial charge < -0.3 is 10.6 Å². The van der Waals surface area contributed by atoms with Gasteiger partial charge in [-0.3, -0.25) is 14.5 Å². The quantitative estimate of drug-likeness (QED) is 0.875. The van der Waals surface area contributed by atoms with Crippen LogP contribution in [-0.2, 0) is 4.79 Å². The third-order valence-electron chi connectivity index (χ3n) is 4.00. The first-order chi connectivity index (χ1) is 9.97. The Balaban J connectivity index is 1.87. The number of hydrogen-bond acceptors (Lipinski definition) is 4. The standard InChI is InChI=1S/C15H22N4O2/c1-10-4-6-13(19(10)3)9-17-15(21)14-7-5-12(8-16-14)18-11(2)20/h5,7-8,10,13H,4,6,9H2,1-3H3,(H,17,21)(H,18,20)/t10-,13-/m0/s1. The number of carbonyl (C=O) groups is 2. The van der Waals surface area contributed by atoms with E-state index in [1.54, 1.807) is 12.1 Å². The van der Waals surface area contributed by atoms with E-state index >= 15 is 0 Å². The van der Waals surface area contributed by atoms with Crippen molar-refractivity contribution in [2.45, 2.75) is 38.8 Å². The van der Waals surface area contributed by atoms with Crippen LogP contribution in [0.2, 0.25) is 0 Å². The van der Waals surface area contributed by atoms with Crippen LogP contribution in [0.25, 0.3) is 0 Å². The van der Waals surface area contributed by atoms with Crippen LogP contribution in [0.15, 0.2) is 18.3 Å². The number of anilines is 1. The summed E-state index contributed by atoms with van der Waals surface area (Å²) in [4.78, 5) is 29.3. The molecule has 0 radical (unpaired) electrons. The second-order valence-corrected chi connectivity index (χ2v) is 5.57. The zero-order valence-corrected chi connectivity index (χ0v) is 12.7. The molecule has 1 saturated heterocycles. The molecule has 2 heterocycles. The Bertz CT molecular complexity index is 515.